The van der Waals surface area contributed by atoms with Gasteiger partial charge in [-0.15, -0.1) is 5.10 Å². The topological polar surface area (TPSA) is 30.2 Å². The van der Waals surface area contributed by atoms with Crippen molar-refractivity contribution in [1.29, 1.82) is 0 Å². The van der Waals surface area contributed by atoms with E-state index in [1.807, 2.05) is 4.52 Å². The Balaban J connectivity index is 2.11. The number of fused-ring (bicyclic) bond motifs is 1. The van der Waals surface area contributed by atoms with E-state index in [0.29, 0.717) is 5.92 Å². The Morgan fingerprint density at radius 1 is 1.31 bits per heavy atom. The molecule has 0 bridgehead atoms. The summed E-state index contributed by atoms with van der Waals surface area (Å²) in [5.41, 5.74) is 2.17. The highest BCUT2D eigenvalue weighted by Gasteiger charge is 2.21. The Labute approximate surface area is 103 Å². The summed E-state index contributed by atoms with van der Waals surface area (Å²) < 4.78 is 2.87. The number of nitrogens with zero attached hydrogens (tertiary/aromatic N) is 3. The number of aryl methyl sites for hydroxylation is 1. The second-order valence-corrected chi connectivity index (χ2v) is 5.39. The van der Waals surface area contributed by atoms with E-state index in [0.717, 1.165) is 16.1 Å². The van der Waals surface area contributed by atoms with Gasteiger partial charge in [-0.05, 0) is 53.4 Å². The van der Waals surface area contributed by atoms with Crippen molar-refractivity contribution < 1.29 is 0 Å². The fourth-order valence-electron chi connectivity index (χ4n) is 2.44. The number of halogens is 1. The van der Waals surface area contributed by atoms with Crippen molar-refractivity contribution >= 4 is 21.6 Å². The third kappa shape index (κ3) is 1.65. The minimum atomic E-state index is 0.576. The molecule has 0 amide bonds. The van der Waals surface area contributed by atoms with Gasteiger partial charge in [0.15, 0.2) is 11.5 Å². The van der Waals surface area contributed by atoms with Crippen LogP contribution in [0.1, 0.15) is 43.0 Å². The number of hydrogen-bond donors (Lipinski definition) is 0. The lowest BCUT2D eigenvalue weighted by molar-refractivity contribution is 0.664. The summed E-state index contributed by atoms with van der Waals surface area (Å²) in [5, 5.41) is 4.59. The van der Waals surface area contributed by atoms with Gasteiger partial charge in [-0.2, -0.15) is 0 Å². The van der Waals surface area contributed by atoms with Gasteiger partial charge in [-0.25, -0.2) is 9.50 Å². The summed E-state index contributed by atoms with van der Waals surface area (Å²) >= 11 is 3.53. The highest BCUT2D eigenvalue weighted by molar-refractivity contribution is 9.10. The van der Waals surface area contributed by atoms with Crippen LogP contribution in [0, 0.1) is 6.92 Å². The van der Waals surface area contributed by atoms with Crippen LogP contribution in [0.5, 0.6) is 0 Å². The molecule has 0 aromatic carbocycles. The molecule has 0 N–H and O–H groups in total. The van der Waals surface area contributed by atoms with Crippen LogP contribution in [-0.4, -0.2) is 14.6 Å². The monoisotopic (exact) mass is 279 g/mol. The van der Waals surface area contributed by atoms with E-state index in [2.05, 4.69) is 45.1 Å². The molecule has 0 spiro atoms. The van der Waals surface area contributed by atoms with Crippen molar-refractivity contribution in [2.45, 2.75) is 38.5 Å². The van der Waals surface area contributed by atoms with Crippen LogP contribution in [0.25, 0.3) is 5.65 Å². The molecule has 16 heavy (non-hydrogen) atoms. The van der Waals surface area contributed by atoms with Crippen molar-refractivity contribution in [3.63, 3.8) is 0 Å². The van der Waals surface area contributed by atoms with E-state index in [1.165, 1.54) is 31.2 Å². The standard InChI is InChI=1S/C12H14BrN3/c1-8-6-10(13)16-11(7-8)14-12(15-16)9-4-2-3-5-9/h6-7,9H,2-5H2,1H3. The average Bonchev–Trinajstić information content (AvgIpc) is 2.82. The first-order chi connectivity index (χ1) is 7.74. The van der Waals surface area contributed by atoms with Crippen LogP contribution in [0.15, 0.2) is 16.7 Å². The molecule has 84 valence electrons. The third-order valence-corrected chi connectivity index (χ3v) is 3.84. The molecule has 1 aliphatic rings. The number of hydrogen-bond acceptors (Lipinski definition) is 2. The maximum atomic E-state index is 4.64. The Hall–Kier alpha value is -0.900. The summed E-state index contributed by atoms with van der Waals surface area (Å²) in [4.78, 5) is 4.64. The molecule has 4 heteroatoms. The Kier molecular flexibility index (Phi) is 2.46. The van der Waals surface area contributed by atoms with Gasteiger partial charge in [0.05, 0.1) is 0 Å². The molecule has 0 saturated heterocycles. The molecule has 0 atom stereocenters. The minimum absolute atomic E-state index is 0.576. The van der Waals surface area contributed by atoms with Gasteiger partial charge in [0.25, 0.3) is 0 Å². The Bertz CT molecular complexity index is 526. The zero-order valence-electron chi connectivity index (χ0n) is 9.28. The number of aromatic nitrogens is 3. The first kappa shape index (κ1) is 10.3. The van der Waals surface area contributed by atoms with Crippen LogP contribution in [0.3, 0.4) is 0 Å². The van der Waals surface area contributed by atoms with Gasteiger partial charge >= 0.3 is 0 Å². The quantitative estimate of drug-likeness (QED) is 0.749. The smallest absolute Gasteiger partial charge is 0.157 e. The average molecular weight is 280 g/mol. The summed E-state index contributed by atoms with van der Waals surface area (Å²) in [6.45, 7) is 2.08. The number of pyridine rings is 1. The highest BCUT2D eigenvalue weighted by Crippen LogP contribution is 2.32. The molecular weight excluding hydrogens is 266 g/mol. The van der Waals surface area contributed by atoms with Gasteiger partial charge < -0.3 is 0 Å². The molecule has 0 radical (unpaired) electrons. The van der Waals surface area contributed by atoms with E-state index in [-0.39, 0.29) is 0 Å². The van der Waals surface area contributed by atoms with Gasteiger partial charge in [0.2, 0.25) is 0 Å². The zero-order chi connectivity index (χ0) is 11.1. The third-order valence-electron chi connectivity index (χ3n) is 3.27. The van der Waals surface area contributed by atoms with E-state index in [4.69, 9.17) is 0 Å². The fraction of sp³-hybridized carbons (Fsp3) is 0.500. The van der Waals surface area contributed by atoms with E-state index in [1.54, 1.807) is 0 Å². The molecule has 2 heterocycles. The maximum Gasteiger partial charge on any atom is 0.157 e. The van der Waals surface area contributed by atoms with E-state index < -0.39 is 0 Å². The first-order valence-corrected chi connectivity index (χ1v) is 6.56. The van der Waals surface area contributed by atoms with Gasteiger partial charge in [0, 0.05) is 5.92 Å². The van der Waals surface area contributed by atoms with Crippen molar-refractivity contribution in [2.24, 2.45) is 0 Å². The number of rotatable bonds is 1. The molecule has 3 rings (SSSR count). The van der Waals surface area contributed by atoms with Crippen molar-refractivity contribution in [3.05, 3.63) is 28.1 Å². The summed E-state index contributed by atoms with van der Waals surface area (Å²) in [6, 6.07) is 4.15. The zero-order valence-corrected chi connectivity index (χ0v) is 10.9. The Morgan fingerprint density at radius 2 is 2.06 bits per heavy atom. The maximum absolute atomic E-state index is 4.64. The molecule has 3 nitrogen and oxygen atoms in total. The van der Waals surface area contributed by atoms with E-state index >= 15 is 0 Å². The molecule has 2 aromatic rings. The minimum Gasteiger partial charge on any atom is -0.212 e. The molecular formula is C12H14BrN3. The molecule has 1 saturated carbocycles. The normalized spacial score (nSPS) is 17.4. The largest absolute Gasteiger partial charge is 0.212 e. The lowest BCUT2D eigenvalue weighted by Gasteiger charge is -2.00. The Morgan fingerprint density at radius 3 is 2.81 bits per heavy atom. The lowest BCUT2D eigenvalue weighted by atomic mass is 10.1. The lowest BCUT2D eigenvalue weighted by Crippen LogP contribution is -1.96. The predicted octanol–water partition coefficient (Wildman–Crippen LogP) is 3.46. The second-order valence-electron chi connectivity index (χ2n) is 4.58. The molecule has 0 aliphatic heterocycles. The van der Waals surface area contributed by atoms with Gasteiger partial charge in [-0.3, -0.25) is 0 Å². The van der Waals surface area contributed by atoms with E-state index in [9.17, 15) is 0 Å². The van der Waals surface area contributed by atoms with Crippen LogP contribution < -0.4 is 0 Å². The highest BCUT2D eigenvalue weighted by atomic mass is 79.9. The molecule has 1 aliphatic carbocycles. The van der Waals surface area contributed by atoms with Crippen LogP contribution in [0.2, 0.25) is 0 Å². The summed E-state index contributed by atoms with van der Waals surface area (Å²) in [6.07, 6.45) is 5.13. The predicted molar refractivity (Wildman–Crippen MR) is 66.6 cm³/mol. The molecule has 1 fully saturated rings. The first-order valence-electron chi connectivity index (χ1n) is 5.77. The SMILES string of the molecule is Cc1cc(Br)n2nc(C3CCCC3)nc2c1. The van der Waals surface area contributed by atoms with Crippen LogP contribution in [-0.2, 0) is 0 Å². The summed E-state index contributed by atoms with van der Waals surface area (Å²) in [5.74, 6) is 1.59. The van der Waals surface area contributed by atoms with Gasteiger partial charge in [-0.1, -0.05) is 12.8 Å². The van der Waals surface area contributed by atoms with Crippen molar-refractivity contribution in [3.8, 4) is 0 Å². The van der Waals surface area contributed by atoms with Crippen molar-refractivity contribution in [2.75, 3.05) is 0 Å². The van der Waals surface area contributed by atoms with Gasteiger partial charge in [0.1, 0.15) is 4.60 Å². The second kappa shape index (κ2) is 3.84. The fourth-order valence-corrected chi connectivity index (χ4v) is 3.06. The van der Waals surface area contributed by atoms with Crippen LogP contribution in [0.4, 0.5) is 0 Å². The molecule has 2 aromatic heterocycles. The van der Waals surface area contributed by atoms with Crippen LogP contribution >= 0.6 is 15.9 Å². The molecule has 0 unspecified atom stereocenters. The summed E-state index contributed by atoms with van der Waals surface area (Å²) in [7, 11) is 0. The van der Waals surface area contributed by atoms with Crippen molar-refractivity contribution in [1.82, 2.24) is 14.6 Å².